The van der Waals surface area contributed by atoms with Crippen LogP contribution in [0.2, 0.25) is 0 Å². The van der Waals surface area contributed by atoms with E-state index >= 15 is 0 Å². The number of H-pyrrole nitrogens is 1. The normalized spacial score (nSPS) is 21.4. The van der Waals surface area contributed by atoms with Crippen molar-refractivity contribution in [3.8, 4) is 0 Å². The van der Waals surface area contributed by atoms with Gasteiger partial charge in [-0.1, -0.05) is 12.1 Å². The summed E-state index contributed by atoms with van der Waals surface area (Å²) in [6, 6.07) is 8.49. The quantitative estimate of drug-likeness (QED) is 0.791. The number of benzene rings is 1. The highest BCUT2D eigenvalue weighted by Gasteiger charge is 2.15. The second-order valence-electron chi connectivity index (χ2n) is 4.13. The first-order chi connectivity index (χ1) is 7.92. The Morgan fingerprint density at radius 2 is 2.31 bits per heavy atom. The molecule has 0 saturated carbocycles. The summed E-state index contributed by atoms with van der Waals surface area (Å²) in [4.78, 5) is 7.89. The van der Waals surface area contributed by atoms with E-state index in [9.17, 15) is 0 Å². The van der Waals surface area contributed by atoms with Gasteiger partial charge in [-0.05, 0) is 12.1 Å². The fourth-order valence-corrected chi connectivity index (χ4v) is 2.09. The van der Waals surface area contributed by atoms with Crippen molar-refractivity contribution in [2.75, 3.05) is 19.8 Å². The molecule has 1 aliphatic rings. The number of nitrogens with one attached hydrogen (secondary N) is 2. The van der Waals surface area contributed by atoms with Crippen LogP contribution in [-0.4, -0.2) is 35.8 Å². The van der Waals surface area contributed by atoms with E-state index in [-0.39, 0.29) is 0 Å². The van der Waals surface area contributed by atoms with Gasteiger partial charge in [-0.25, -0.2) is 4.98 Å². The van der Waals surface area contributed by atoms with Crippen LogP contribution in [0.4, 0.5) is 0 Å². The number of nitrogens with zero attached hydrogens (tertiary/aromatic N) is 1. The largest absolute Gasteiger partial charge is 0.379 e. The average molecular weight is 217 g/mol. The molecule has 3 rings (SSSR count). The summed E-state index contributed by atoms with van der Waals surface area (Å²) >= 11 is 0. The number of ether oxygens (including phenoxy) is 1. The van der Waals surface area contributed by atoms with Gasteiger partial charge in [0.25, 0.3) is 0 Å². The van der Waals surface area contributed by atoms with Gasteiger partial charge < -0.3 is 15.0 Å². The van der Waals surface area contributed by atoms with E-state index in [1.807, 2.05) is 18.2 Å². The van der Waals surface area contributed by atoms with Gasteiger partial charge in [0.1, 0.15) is 5.82 Å². The Labute approximate surface area is 94.0 Å². The summed E-state index contributed by atoms with van der Waals surface area (Å²) < 4.78 is 5.42. The molecule has 1 aromatic heterocycles. The Morgan fingerprint density at radius 1 is 1.38 bits per heavy atom. The number of aromatic amines is 1. The van der Waals surface area contributed by atoms with Gasteiger partial charge in [0, 0.05) is 19.0 Å². The molecule has 1 aliphatic heterocycles. The molecule has 1 aromatic carbocycles. The molecule has 4 nitrogen and oxygen atoms in total. The smallest absolute Gasteiger partial charge is 0.108 e. The summed E-state index contributed by atoms with van der Waals surface area (Å²) in [5.41, 5.74) is 2.14. The van der Waals surface area contributed by atoms with E-state index in [4.69, 9.17) is 4.74 Å². The van der Waals surface area contributed by atoms with Crippen molar-refractivity contribution in [3.05, 3.63) is 30.1 Å². The molecule has 1 atom stereocenters. The fourth-order valence-electron chi connectivity index (χ4n) is 2.09. The Hall–Kier alpha value is -1.39. The third kappa shape index (κ3) is 1.94. The van der Waals surface area contributed by atoms with Crippen molar-refractivity contribution in [1.82, 2.24) is 15.3 Å². The zero-order chi connectivity index (χ0) is 10.8. The van der Waals surface area contributed by atoms with Gasteiger partial charge in [0.15, 0.2) is 0 Å². The molecule has 0 amide bonds. The molecule has 2 N–H and O–H groups in total. The Kier molecular flexibility index (Phi) is 2.60. The summed E-state index contributed by atoms with van der Waals surface area (Å²) in [5, 5.41) is 3.43. The maximum atomic E-state index is 5.42. The molecule has 2 aromatic rings. The molecule has 0 bridgehead atoms. The van der Waals surface area contributed by atoms with E-state index in [1.165, 1.54) is 0 Å². The topological polar surface area (TPSA) is 49.9 Å². The first-order valence-corrected chi connectivity index (χ1v) is 5.66. The monoisotopic (exact) mass is 217 g/mol. The lowest BCUT2D eigenvalue weighted by Gasteiger charge is -2.22. The molecule has 0 aliphatic carbocycles. The SMILES string of the molecule is c1ccc2[nH]c(C[C@@H]3COCCN3)nc2c1. The second kappa shape index (κ2) is 4.23. The van der Waals surface area contributed by atoms with Gasteiger partial charge in [0.05, 0.1) is 24.2 Å². The van der Waals surface area contributed by atoms with Gasteiger partial charge >= 0.3 is 0 Å². The highest BCUT2D eigenvalue weighted by atomic mass is 16.5. The minimum Gasteiger partial charge on any atom is -0.379 e. The van der Waals surface area contributed by atoms with Crippen LogP contribution >= 0.6 is 0 Å². The van der Waals surface area contributed by atoms with E-state index in [0.29, 0.717) is 6.04 Å². The molecule has 4 heteroatoms. The molecule has 1 fully saturated rings. The van der Waals surface area contributed by atoms with Gasteiger partial charge in [-0.15, -0.1) is 0 Å². The van der Waals surface area contributed by atoms with Gasteiger partial charge in [0.2, 0.25) is 0 Å². The lowest BCUT2D eigenvalue weighted by atomic mass is 10.2. The zero-order valence-electron chi connectivity index (χ0n) is 9.07. The third-order valence-electron chi connectivity index (χ3n) is 2.88. The number of hydrogen-bond donors (Lipinski definition) is 2. The number of aromatic nitrogens is 2. The summed E-state index contributed by atoms with van der Waals surface area (Å²) in [5.74, 6) is 1.03. The molecular weight excluding hydrogens is 202 g/mol. The molecule has 0 radical (unpaired) electrons. The van der Waals surface area contributed by atoms with Crippen molar-refractivity contribution in [3.63, 3.8) is 0 Å². The maximum Gasteiger partial charge on any atom is 0.108 e. The lowest BCUT2D eigenvalue weighted by molar-refractivity contribution is 0.0765. The third-order valence-corrected chi connectivity index (χ3v) is 2.88. The Bertz CT molecular complexity index is 441. The molecular formula is C12H15N3O. The minimum atomic E-state index is 0.384. The van der Waals surface area contributed by atoms with Crippen LogP contribution in [0, 0.1) is 0 Å². The first-order valence-electron chi connectivity index (χ1n) is 5.66. The predicted molar refractivity (Wildman–Crippen MR) is 62.4 cm³/mol. The van der Waals surface area contributed by atoms with Crippen molar-refractivity contribution in [2.45, 2.75) is 12.5 Å². The van der Waals surface area contributed by atoms with Crippen molar-refractivity contribution >= 4 is 11.0 Å². The van der Waals surface area contributed by atoms with Crippen molar-refractivity contribution < 1.29 is 4.74 Å². The predicted octanol–water partition coefficient (Wildman–Crippen LogP) is 1.09. The van der Waals surface area contributed by atoms with Gasteiger partial charge in [-0.3, -0.25) is 0 Å². The molecule has 0 unspecified atom stereocenters. The molecule has 0 spiro atoms. The molecule has 2 heterocycles. The van der Waals surface area contributed by atoms with Crippen LogP contribution in [0.15, 0.2) is 24.3 Å². The van der Waals surface area contributed by atoms with E-state index in [1.54, 1.807) is 0 Å². The van der Waals surface area contributed by atoms with Crippen LogP contribution in [0.3, 0.4) is 0 Å². The Morgan fingerprint density at radius 3 is 3.12 bits per heavy atom. The fraction of sp³-hybridized carbons (Fsp3) is 0.417. The number of imidazole rings is 1. The van der Waals surface area contributed by atoms with E-state index in [2.05, 4.69) is 21.4 Å². The van der Waals surface area contributed by atoms with Crippen molar-refractivity contribution in [1.29, 1.82) is 0 Å². The number of fused-ring (bicyclic) bond motifs is 1. The number of para-hydroxylation sites is 2. The average Bonchev–Trinajstić information content (AvgIpc) is 2.72. The summed E-state index contributed by atoms with van der Waals surface area (Å²) in [6.45, 7) is 2.53. The van der Waals surface area contributed by atoms with Crippen LogP contribution in [-0.2, 0) is 11.2 Å². The Balaban J connectivity index is 1.78. The van der Waals surface area contributed by atoms with Crippen LogP contribution < -0.4 is 5.32 Å². The zero-order valence-corrected chi connectivity index (χ0v) is 9.07. The first kappa shape index (κ1) is 9.81. The van der Waals surface area contributed by atoms with Gasteiger partial charge in [-0.2, -0.15) is 0 Å². The lowest BCUT2D eigenvalue weighted by Crippen LogP contribution is -2.42. The van der Waals surface area contributed by atoms with Crippen molar-refractivity contribution in [2.24, 2.45) is 0 Å². The molecule has 16 heavy (non-hydrogen) atoms. The minimum absolute atomic E-state index is 0.384. The van der Waals surface area contributed by atoms with E-state index < -0.39 is 0 Å². The van der Waals surface area contributed by atoms with Crippen LogP contribution in [0.1, 0.15) is 5.82 Å². The number of rotatable bonds is 2. The number of morpholine rings is 1. The summed E-state index contributed by atoms with van der Waals surface area (Å²) in [6.07, 6.45) is 0.898. The second-order valence-corrected chi connectivity index (χ2v) is 4.13. The summed E-state index contributed by atoms with van der Waals surface area (Å²) in [7, 11) is 0. The molecule has 84 valence electrons. The van der Waals surface area contributed by atoms with Crippen LogP contribution in [0.5, 0.6) is 0 Å². The molecule has 1 saturated heterocycles. The van der Waals surface area contributed by atoms with E-state index in [0.717, 1.165) is 43.0 Å². The highest BCUT2D eigenvalue weighted by Crippen LogP contribution is 2.11. The highest BCUT2D eigenvalue weighted by molar-refractivity contribution is 5.74. The van der Waals surface area contributed by atoms with Crippen LogP contribution in [0.25, 0.3) is 11.0 Å². The number of hydrogen-bond acceptors (Lipinski definition) is 3. The standard InChI is InChI=1S/C12H15N3O/c1-2-4-11-10(3-1)14-12(15-11)7-9-8-16-6-5-13-9/h1-4,9,13H,5-8H2,(H,14,15)/t9-/m1/s1. The maximum absolute atomic E-state index is 5.42.